The third-order valence-electron chi connectivity index (χ3n) is 3.84. The summed E-state index contributed by atoms with van der Waals surface area (Å²) in [4.78, 5) is 16.0. The molecule has 0 radical (unpaired) electrons. The molecule has 6 nitrogen and oxygen atoms in total. The number of ether oxygens (including phenoxy) is 3. The number of methoxy groups -OCH3 is 1. The van der Waals surface area contributed by atoms with Gasteiger partial charge in [-0.1, -0.05) is 12.1 Å². The normalized spacial score (nSPS) is 20.0. The second-order valence-corrected chi connectivity index (χ2v) is 6.10. The minimum Gasteiger partial charge on any atom is -0.495 e. The van der Waals surface area contributed by atoms with E-state index in [1.165, 1.54) is 6.92 Å². The van der Waals surface area contributed by atoms with Gasteiger partial charge >= 0.3 is 5.97 Å². The Morgan fingerprint density at radius 3 is 2.65 bits per heavy atom. The van der Waals surface area contributed by atoms with E-state index in [2.05, 4.69) is 4.98 Å². The van der Waals surface area contributed by atoms with Crippen molar-refractivity contribution in [3.05, 3.63) is 29.8 Å². The Labute approximate surface area is 134 Å². The van der Waals surface area contributed by atoms with Gasteiger partial charge in [0.25, 0.3) is 0 Å². The molecule has 1 aromatic heterocycles. The zero-order valence-electron chi connectivity index (χ0n) is 13.5. The first-order valence-corrected chi connectivity index (χ1v) is 7.36. The lowest BCUT2D eigenvalue weighted by Gasteiger charge is -2.29. The van der Waals surface area contributed by atoms with Crippen LogP contribution < -0.4 is 9.47 Å². The van der Waals surface area contributed by atoms with Crippen molar-refractivity contribution in [1.82, 2.24) is 4.98 Å². The standard InChI is InChI=1S/C17H19NO5/c1-9(19)22-14-12-13(21-4)10-7-5-6-8-11(10)18-16(12)23-15(14)17(2,3)20/h5-8,14-15,20H,1-4H3. The average molecular weight is 317 g/mol. The number of aromatic nitrogens is 1. The van der Waals surface area contributed by atoms with Crippen LogP contribution >= 0.6 is 0 Å². The number of benzene rings is 1. The lowest BCUT2D eigenvalue weighted by atomic mass is 9.93. The monoisotopic (exact) mass is 317 g/mol. The van der Waals surface area contributed by atoms with Gasteiger partial charge in [0.2, 0.25) is 5.88 Å². The van der Waals surface area contributed by atoms with Crippen LogP contribution in [-0.4, -0.2) is 34.9 Å². The average Bonchev–Trinajstić information content (AvgIpc) is 2.82. The summed E-state index contributed by atoms with van der Waals surface area (Å²) in [7, 11) is 1.55. The number of para-hydroxylation sites is 1. The summed E-state index contributed by atoms with van der Waals surface area (Å²) in [6, 6.07) is 7.47. The number of rotatable bonds is 3. The molecule has 0 fully saturated rings. The molecule has 2 unspecified atom stereocenters. The molecule has 6 heteroatoms. The molecule has 1 N–H and O–H groups in total. The first kappa shape index (κ1) is 15.6. The number of hydrogen-bond acceptors (Lipinski definition) is 6. The number of aliphatic hydroxyl groups is 1. The van der Waals surface area contributed by atoms with E-state index in [9.17, 15) is 9.90 Å². The first-order chi connectivity index (χ1) is 10.8. The first-order valence-electron chi connectivity index (χ1n) is 7.36. The maximum absolute atomic E-state index is 11.5. The van der Waals surface area contributed by atoms with Gasteiger partial charge in [-0.2, -0.15) is 0 Å². The maximum atomic E-state index is 11.5. The quantitative estimate of drug-likeness (QED) is 0.876. The van der Waals surface area contributed by atoms with Gasteiger partial charge in [-0.25, -0.2) is 4.98 Å². The molecule has 0 saturated carbocycles. The predicted molar refractivity (Wildman–Crippen MR) is 83.5 cm³/mol. The van der Waals surface area contributed by atoms with Crippen LogP contribution in [-0.2, 0) is 9.53 Å². The maximum Gasteiger partial charge on any atom is 0.303 e. The van der Waals surface area contributed by atoms with Crippen molar-refractivity contribution in [1.29, 1.82) is 0 Å². The van der Waals surface area contributed by atoms with Crippen LogP contribution in [0.5, 0.6) is 11.6 Å². The molecule has 0 amide bonds. The second kappa shape index (κ2) is 5.38. The van der Waals surface area contributed by atoms with Crippen molar-refractivity contribution in [3.63, 3.8) is 0 Å². The fourth-order valence-electron chi connectivity index (χ4n) is 2.88. The minimum absolute atomic E-state index is 0.318. The molecule has 2 atom stereocenters. The highest BCUT2D eigenvalue weighted by atomic mass is 16.6. The van der Waals surface area contributed by atoms with E-state index >= 15 is 0 Å². The van der Waals surface area contributed by atoms with Crippen LogP contribution in [0.15, 0.2) is 24.3 Å². The number of pyridine rings is 1. The summed E-state index contributed by atoms with van der Waals surface area (Å²) in [5.41, 5.74) is 0.0347. The van der Waals surface area contributed by atoms with Crippen LogP contribution in [0.25, 0.3) is 10.9 Å². The molecule has 122 valence electrons. The molecule has 3 rings (SSSR count). The number of nitrogens with zero attached hydrogens (tertiary/aromatic N) is 1. The van der Waals surface area contributed by atoms with Crippen molar-refractivity contribution < 1.29 is 24.1 Å². The molecule has 0 spiro atoms. The molecular formula is C17H19NO5. The van der Waals surface area contributed by atoms with Crippen LogP contribution in [0.1, 0.15) is 32.4 Å². The van der Waals surface area contributed by atoms with Crippen LogP contribution in [0.2, 0.25) is 0 Å². The summed E-state index contributed by atoms with van der Waals surface area (Å²) in [5.74, 6) is 0.401. The summed E-state index contributed by atoms with van der Waals surface area (Å²) in [6.07, 6.45) is -1.55. The van der Waals surface area contributed by atoms with E-state index in [0.29, 0.717) is 22.7 Å². The van der Waals surface area contributed by atoms with E-state index in [4.69, 9.17) is 14.2 Å². The van der Waals surface area contributed by atoms with Crippen molar-refractivity contribution in [3.8, 4) is 11.6 Å². The van der Waals surface area contributed by atoms with Gasteiger partial charge in [0.15, 0.2) is 12.2 Å². The van der Waals surface area contributed by atoms with Gasteiger partial charge in [0, 0.05) is 12.3 Å². The number of carbonyl (C=O) groups is 1. The van der Waals surface area contributed by atoms with Crippen molar-refractivity contribution in [2.45, 2.75) is 38.6 Å². The highest BCUT2D eigenvalue weighted by Gasteiger charge is 2.48. The second-order valence-electron chi connectivity index (χ2n) is 6.10. The molecule has 0 bridgehead atoms. The molecule has 2 heterocycles. The summed E-state index contributed by atoms with van der Waals surface area (Å²) >= 11 is 0. The van der Waals surface area contributed by atoms with Crippen LogP contribution in [0.3, 0.4) is 0 Å². The zero-order valence-corrected chi connectivity index (χ0v) is 13.5. The SMILES string of the molecule is COc1c2c(nc3ccccc13)OC(C(C)(C)O)C2OC(C)=O. The fraction of sp³-hybridized carbons (Fsp3) is 0.412. The molecule has 1 aliphatic rings. The Morgan fingerprint density at radius 1 is 1.35 bits per heavy atom. The largest absolute Gasteiger partial charge is 0.495 e. The summed E-state index contributed by atoms with van der Waals surface area (Å²) < 4.78 is 16.8. The predicted octanol–water partition coefficient (Wildman–Crippen LogP) is 2.38. The number of fused-ring (bicyclic) bond motifs is 2. The molecule has 1 aliphatic heterocycles. The third-order valence-corrected chi connectivity index (χ3v) is 3.84. The van der Waals surface area contributed by atoms with Gasteiger partial charge in [-0.15, -0.1) is 0 Å². The topological polar surface area (TPSA) is 77.9 Å². The van der Waals surface area contributed by atoms with Gasteiger partial charge in [0.05, 0.1) is 18.2 Å². The molecule has 23 heavy (non-hydrogen) atoms. The highest BCUT2D eigenvalue weighted by molar-refractivity contribution is 5.88. The smallest absolute Gasteiger partial charge is 0.303 e. The van der Waals surface area contributed by atoms with E-state index in [0.717, 1.165) is 5.39 Å². The Kier molecular flexibility index (Phi) is 3.64. The van der Waals surface area contributed by atoms with E-state index in [-0.39, 0.29) is 0 Å². The Bertz CT molecular complexity index is 765. The summed E-state index contributed by atoms with van der Waals surface area (Å²) in [6.45, 7) is 4.53. The fourth-order valence-corrected chi connectivity index (χ4v) is 2.88. The number of hydrogen-bond donors (Lipinski definition) is 1. The minimum atomic E-state index is -1.22. The van der Waals surface area contributed by atoms with Crippen LogP contribution in [0.4, 0.5) is 0 Å². The Balaban J connectivity index is 2.24. The van der Waals surface area contributed by atoms with Crippen LogP contribution in [0, 0.1) is 0 Å². The zero-order chi connectivity index (χ0) is 16.8. The van der Waals surface area contributed by atoms with E-state index in [1.54, 1.807) is 21.0 Å². The third kappa shape index (κ3) is 2.59. The van der Waals surface area contributed by atoms with Gasteiger partial charge < -0.3 is 19.3 Å². The number of carbonyl (C=O) groups excluding carboxylic acids is 1. The Morgan fingerprint density at radius 2 is 2.04 bits per heavy atom. The molecule has 0 saturated heterocycles. The molecule has 1 aromatic carbocycles. The van der Waals surface area contributed by atoms with Crippen molar-refractivity contribution >= 4 is 16.9 Å². The van der Waals surface area contributed by atoms with Gasteiger partial charge in [0.1, 0.15) is 11.3 Å². The van der Waals surface area contributed by atoms with E-state index < -0.39 is 23.8 Å². The molecule has 0 aliphatic carbocycles. The van der Waals surface area contributed by atoms with Gasteiger partial charge in [-0.3, -0.25) is 4.79 Å². The summed E-state index contributed by atoms with van der Waals surface area (Å²) in [5, 5.41) is 11.2. The highest BCUT2D eigenvalue weighted by Crippen LogP contribution is 2.48. The lowest BCUT2D eigenvalue weighted by Crippen LogP contribution is -2.43. The number of esters is 1. The Hall–Kier alpha value is -2.34. The van der Waals surface area contributed by atoms with Crippen molar-refractivity contribution in [2.75, 3.05) is 7.11 Å². The van der Waals surface area contributed by atoms with Gasteiger partial charge in [-0.05, 0) is 26.0 Å². The van der Waals surface area contributed by atoms with E-state index in [1.807, 2.05) is 24.3 Å². The molecule has 2 aromatic rings. The molecular weight excluding hydrogens is 298 g/mol. The lowest BCUT2D eigenvalue weighted by molar-refractivity contribution is -0.157. The van der Waals surface area contributed by atoms with Crippen molar-refractivity contribution in [2.24, 2.45) is 0 Å².